The molecule has 2 aromatic carbocycles. The zero-order valence-electron chi connectivity index (χ0n) is 20.1. The van der Waals surface area contributed by atoms with Crippen LogP contribution in [0.5, 0.6) is 11.5 Å². The lowest BCUT2D eigenvalue weighted by atomic mass is 9.78. The molecule has 0 bridgehead atoms. The van der Waals surface area contributed by atoms with Crippen LogP contribution in [0.2, 0.25) is 0 Å². The van der Waals surface area contributed by atoms with Crippen LogP contribution in [0.15, 0.2) is 30.3 Å². The van der Waals surface area contributed by atoms with Gasteiger partial charge in [0.1, 0.15) is 16.5 Å². The molecule has 0 saturated carbocycles. The second-order valence-corrected chi connectivity index (χ2v) is 11.1. The number of ether oxygens (including phenoxy) is 2. The van der Waals surface area contributed by atoms with Gasteiger partial charge < -0.3 is 14.6 Å². The number of phenols is 1. The fourth-order valence-electron chi connectivity index (χ4n) is 3.53. The molecule has 0 aliphatic rings. The predicted octanol–water partition coefficient (Wildman–Crippen LogP) is 7.05. The first-order valence-corrected chi connectivity index (χ1v) is 11.8. The van der Waals surface area contributed by atoms with E-state index in [-0.39, 0.29) is 16.7 Å². The highest BCUT2D eigenvalue weighted by Gasteiger charge is 2.27. The SMILES string of the molecule is CCOC(=N)CCOc1ccc2nc(-c3cc(C(C)(C)C)c(O)c(C(C)(C)C)c3)sc2c1. The number of rotatable bonds is 6. The molecule has 1 aromatic heterocycles. The third-order valence-corrected chi connectivity index (χ3v) is 6.32. The molecule has 3 aromatic rings. The molecule has 0 saturated heterocycles. The van der Waals surface area contributed by atoms with Gasteiger partial charge in [-0.05, 0) is 48.1 Å². The van der Waals surface area contributed by atoms with Gasteiger partial charge in [-0.25, -0.2) is 4.98 Å². The largest absolute Gasteiger partial charge is 0.507 e. The first-order valence-electron chi connectivity index (χ1n) is 11.0. The Labute approximate surface area is 194 Å². The van der Waals surface area contributed by atoms with Crippen LogP contribution in [0.1, 0.15) is 66.0 Å². The van der Waals surface area contributed by atoms with Gasteiger partial charge in [0, 0.05) is 16.7 Å². The van der Waals surface area contributed by atoms with Crippen molar-refractivity contribution in [3.63, 3.8) is 0 Å². The summed E-state index contributed by atoms with van der Waals surface area (Å²) in [6.07, 6.45) is 0.443. The quantitative estimate of drug-likeness (QED) is 0.309. The summed E-state index contributed by atoms with van der Waals surface area (Å²) >= 11 is 1.62. The Hall–Kier alpha value is -2.60. The summed E-state index contributed by atoms with van der Waals surface area (Å²) in [5, 5.41) is 19.6. The molecule has 32 heavy (non-hydrogen) atoms. The van der Waals surface area contributed by atoms with Gasteiger partial charge in [0.05, 0.1) is 29.9 Å². The minimum absolute atomic E-state index is 0.188. The molecule has 0 unspecified atom stereocenters. The molecule has 0 radical (unpaired) electrons. The van der Waals surface area contributed by atoms with Crippen LogP contribution in [-0.2, 0) is 15.6 Å². The van der Waals surface area contributed by atoms with E-state index in [9.17, 15) is 5.11 Å². The lowest BCUT2D eigenvalue weighted by Crippen LogP contribution is -2.17. The molecule has 0 aliphatic carbocycles. The van der Waals surface area contributed by atoms with Crippen molar-refractivity contribution in [3.8, 4) is 22.1 Å². The number of nitrogens with zero attached hydrogens (tertiary/aromatic N) is 1. The van der Waals surface area contributed by atoms with E-state index in [4.69, 9.17) is 19.9 Å². The van der Waals surface area contributed by atoms with Crippen LogP contribution in [-0.4, -0.2) is 29.2 Å². The molecule has 1 heterocycles. The maximum absolute atomic E-state index is 11.0. The van der Waals surface area contributed by atoms with Crippen molar-refractivity contribution >= 4 is 27.5 Å². The Morgan fingerprint density at radius 2 is 1.66 bits per heavy atom. The Bertz CT molecular complexity index is 1090. The van der Waals surface area contributed by atoms with E-state index in [0.29, 0.717) is 25.4 Å². The highest BCUT2D eigenvalue weighted by atomic mass is 32.1. The Balaban J connectivity index is 1.95. The summed E-state index contributed by atoms with van der Waals surface area (Å²) in [6.45, 7) is 15.5. The lowest BCUT2D eigenvalue weighted by Gasteiger charge is -2.28. The zero-order valence-corrected chi connectivity index (χ0v) is 20.9. The molecule has 0 fully saturated rings. The van der Waals surface area contributed by atoms with Gasteiger partial charge in [-0.2, -0.15) is 0 Å². The first kappa shape index (κ1) is 24.1. The summed E-state index contributed by atoms with van der Waals surface area (Å²) < 4.78 is 12.0. The zero-order chi connectivity index (χ0) is 23.7. The normalized spacial score (nSPS) is 12.2. The second-order valence-electron chi connectivity index (χ2n) is 10.0. The van der Waals surface area contributed by atoms with Gasteiger partial charge in [-0.3, -0.25) is 5.41 Å². The molecule has 0 amide bonds. The molecule has 2 N–H and O–H groups in total. The van der Waals surface area contributed by atoms with Crippen LogP contribution in [0.3, 0.4) is 0 Å². The number of benzene rings is 2. The van der Waals surface area contributed by atoms with Gasteiger partial charge >= 0.3 is 0 Å². The van der Waals surface area contributed by atoms with Gasteiger partial charge in [0.2, 0.25) is 0 Å². The van der Waals surface area contributed by atoms with Crippen molar-refractivity contribution in [2.75, 3.05) is 13.2 Å². The lowest BCUT2D eigenvalue weighted by molar-refractivity contribution is 0.283. The van der Waals surface area contributed by atoms with Crippen LogP contribution in [0, 0.1) is 5.41 Å². The number of hydrogen-bond donors (Lipinski definition) is 2. The maximum Gasteiger partial charge on any atom is 0.183 e. The van der Waals surface area contributed by atoms with Crippen molar-refractivity contribution < 1.29 is 14.6 Å². The monoisotopic (exact) mass is 454 g/mol. The third kappa shape index (κ3) is 5.41. The molecule has 172 valence electrons. The Kier molecular flexibility index (Phi) is 6.84. The van der Waals surface area contributed by atoms with E-state index in [1.165, 1.54) is 0 Å². The van der Waals surface area contributed by atoms with Crippen molar-refractivity contribution in [2.24, 2.45) is 0 Å². The van der Waals surface area contributed by atoms with E-state index in [1.807, 2.05) is 25.1 Å². The standard InChI is InChI=1S/C26H34N2O3S/c1-8-30-22(27)11-12-31-17-9-10-20-21(15-17)32-24(28-20)16-13-18(25(2,3)4)23(29)19(14-16)26(5,6)7/h9-10,13-15,27,29H,8,11-12H2,1-7H3. The number of nitrogens with one attached hydrogen (secondary N) is 1. The summed E-state index contributed by atoms with van der Waals surface area (Å²) in [6, 6.07) is 10.0. The fraction of sp³-hybridized carbons (Fsp3) is 0.462. The predicted molar refractivity (Wildman–Crippen MR) is 134 cm³/mol. The molecular formula is C26H34N2O3S. The van der Waals surface area contributed by atoms with Crippen molar-refractivity contribution in [2.45, 2.75) is 65.7 Å². The van der Waals surface area contributed by atoms with E-state index in [0.717, 1.165) is 37.7 Å². The van der Waals surface area contributed by atoms with E-state index < -0.39 is 0 Å². The Morgan fingerprint density at radius 3 is 2.22 bits per heavy atom. The first-order chi connectivity index (χ1) is 14.9. The summed E-state index contributed by atoms with van der Waals surface area (Å²) in [7, 11) is 0. The van der Waals surface area contributed by atoms with E-state index in [2.05, 4.69) is 53.7 Å². The summed E-state index contributed by atoms with van der Waals surface area (Å²) in [5.41, 5.74) is 3.42. The summed E-state index contributed by atoms with van der Waals surface area (Å²) in [4.78, 5) is 4.86. The van der Waals surface area contributed by atoms with Crippen molar-refractivity contribution in [1.82, 2.24) is 4.98 Å². The van der Waals surface area contributed by atoms with Crippen LogP contribution < -0.4 is 4.74 Å². The molecular weight excluding hydrogens is 420 g/mol. The van der Waals surface area contributed by atoms with E-state index in [1.54, 1.807) is 11.3 Å². The van der Waals surface area contributed by atoms with Crippen molar-refractivity contribution in [3.05, 3.63) is 41.5 Å². The number of phenolic OH excluding ortho intramolecular Hbond substituents is 1. The molecule has 0 aliphatic heterocycles. The van der Waals surface area contributed by atoms with Gasteiger partial charge in [0.25, 0.3) is 0 Å². The topological polar surface area (TPSA) is 75.4 Å². The Morgan fingerprint density at radius 1 is 1.03 bits per heavy atom. The molecule has 0 spiro atoms. The highest BCUT2D eigenvalue weighted by molar-refractivity contribution is 7.21. The minimum Gasteiger partial charge on any atom is -0.507 e. The molecule has 5 nitrogen and oxygen atoms in total. The van der Waals surface area contributed by atoms with Crippen LogP contribution >= 0.6 is 11.3 Å². The summed E-state index contributed by atoms with van der Waals surface area (Å²) in [5.74, 6) is 1.38. The number of aromatic hydroxyl groups is 1. The molecule has 0 atom stereocenters. The second kappa shape index (κ2) is 9.10. The number of aromatic nitrogens is 1. The van der Waals surface area contributed by atoms with Crippen molar-refractivity contribution in [1.29, 1.82) is 5.41 Å². The minimum atomic E-state index is -0.188. The maximum atomic E-state index is 11.0. The average molecular weight is 455 g/mol. The number of hydrogen-bond acceptors (Lipinski definition) is 6. The molecule has 3 rings (SSSR count). The fourth-order valence-corrected chi connectivity index (χ4v) is 4.51. The smallest absolute Gasteiger partial charge is 0.183 e. The van der Waals surface area contributed by atoms with Crippen LogP contribution in [0.4, 0.5) is 0 Å². The van der Waals surface area contributed by atoms with E-state index >= 15 is 0 Å². The third-order valence-electron chi connectivity index (χ3n) is 5.25. The van der Waals surface area contributed by atoms with Gasteiger partial charge in [-0.1, -0.05) is 41.5 Å². The van der Waals surface area contributed by atoms with Gasteiger partial charge in [-0.15, -0.1) is 11.3 Å². The van der Waals surface area contributed by atoms with Crippen LogP contribution in [0.25, 0.3) is 20.8 Å². The molecule has 6 heteroatoms. The number of fused-ring (bicyclic) bond motifs is 1. The van der Waals surface area contributed by atoms with Gasteiger partial charge in [0.15, 0.2) is 5.90 Å². The number of thiazole rings is 1. The highest BCUT2D eigenvalue weighted by Crippen LogP contribution is 2.43. The average Bonchev–Trinajstić information content (AvgIpc) is 3.10.